The molecular weight excluding hydrogens is 361 g/mol. The Kier molecular flexibility index (Phi) is 4.64. The minimum absolute atomic E-state index is 0.0331. The Morgan fingerprint density at radius 2 is 1.83 bits per heavy atom. The molecule has 0 atom stereocenters. The van der Waals surface area contributed by atoms with Gasteiger partial charge in [0.05, 0.1) is 17.2 Å². The maximum absolute atomic E-state index is 13.4. The third-order valence-electron chi connectivity index (χ3n) is 5.81. The summed E-state index contributed by atoms with van der Waals surface area (Å²) in [5, 5.41) is 2.82. The molecule has 0 amide bonds. The molecule has 2 aromatic carbocycles. The van der Waals surface area contributed by atoms with Gasteiger partial charge in [0.2, 0.25) is 0 Å². The number of hydrogen-bond acceptors (Lipinski definition) is 4. The minimum atomic E-state index is 0.0331. The van der Waals surface area contributed by atoms with Gasteiger partial charge in [-0.05, 0) is 35.9 Å². The molecule has 0 aliphatic carbocycles. The summed E-state index contributed by atoms with van der Waals surface area (Å²) in [6.07, 6.45) is 5.98. The third kappa shape index (κ3) is 3.34. The number of benzene rings is 2. The molecule has 0 N–H and O–H groups in total. The van der Waals surface area contributed by atoms with E-state index in [0.29, 0.717) is 25.0 Å². The number of nitrogens with zero attached hydrogens (tertiary/aromatic N) is 3. The number of aromatic nitrogens is 3. The first-order chi connectivity index (χ1) is 14.2. The minimum Gasteiger partial charge on any atom is -0.381 e. The highest BCUT2D eigenvalue weighted by Gasteiger charge is 2.19. The molecule has 0 unspecified atom stereocenters. The van der Waals surface area contributed by atoms with E-state index in [0.717, 1.165) is 45.9 Å². The maximum Gasteiger partial charge on any atom is 0.261 e. The average molecular weight is 383 g/mol. The van der Waals surface area contributed by atoms with Gasteiger partial charge >= 0.3 is 0 Å². The van der Waals surface area contributed by atoms with Crippen LogP contribution in [0.15, 0.2) is 59.8 Å². The summed E-state index contributed by atoms with van der Waals surface area (Å²) < 4.78 is 7.26. The van der Waals surface area contributed by atoms with Gasteiger partial charge in [-0.15, -0.1) is 0 Å². The van der Waals surface area contributed by atoms with Crippen molar-refractivity contribution >= 4 is 35.0 Å². The summed E-state index contributed by atoms with van der Waals surface area (Å²) in [5.74, 6) is 0. The van der Waals surface area contributed by atoms with E-state index in [1.807, 2.05) is 32.2 Å². The van der Waals surface area contributed by atoms with Crippen molar-refractivity contribution in [1.29, 1.82) is 0 Å². The summed E-state index contributed by atoms with van der Waals surface area (Å²) in [5.41, 5.74) is 4.04. The second-order valence-electron chi connectivity index (χ2n) is 7.78. The fourth-order valence-electron chi connectivity index (χ4n) is 4.22. The van der Waals surface area contributed by atoms with Gasteiger partial charge in [0.25, 0.3) is 5.56 Å². The lowest BCUT2D eigenvalue weighted by atomic mass is 9.95. The molecule has 1 saturated heterocycles. The molecular formula is C23H22BN3O2. The molecule has 6 heteroatoms. The molecule has 0 saturated carbocycles. The molecule has 4 aromatic rings. The van der Waals surface area contributed by atoms with Gasteiger partial charge in [-0.1, -0.05) is 35.8 Å². The molecule has 1 aliphatic rings. The molecule has 1 aliphatic heterocycles. The Labute approximate surface area is 169 Å². The maximum atomic E-state index is 13.4. The molecule has 144 valence electrons. The van der Waals surface area contributed by atoms with Gasteiger partial charge < -0.3 is 4.74 Å². The topological polar surface area (TPSA) is 57.0 Å². The summed E-state index contributed by atoms with van der Waals surface area (Å²) >= 11 is 0. The predicted octanol–water partition coefficient (Wildman–Crippen LogP) is 2.15. The molecule has 3 heterocycles. The average Bonchev–Trinajstić information content (AvgIpc) is 2.77. The van der Waals surface area contributed by atoms with E-state index < -0.39 is 0 Å². The standard InChI is InChI=1S/C23H22BN3O2/c24-16-5-6-17(25-13-16)11-15-12-21-22(20-4-2-1-3-19(15)20)26-14-27(23(21)28)18-7-9-29-10-8-18/h1-6,12-14,18H,7-11,24H2. The normalized spacial score (nSPS) is 15.2. The van der Waals surface area contributed by atoms with Crippen LogP contribution in [0.4, 0.5) is 0 Å². The first kappa shape index (κ1) is 18.1. The van der Waals surface area contributed by atoms with Crippen LogP contribution in [0.5, 0.6) is 0 Å². The van der Waals surface area contributed by atoms with E-state index in [9.17, 15) is 4.79 Å². The Hall–Kier alpha value is -2.99. The van der Waals surface area contributed by atoms with Crippen molar-refractivity contribution in [2.24, 2.45) is 0 Å². The fraction of sp³-hybridized carbons (Fsp3) is 0.261. The van der Waals surface area contributed by atoms with Crippen LogP contribution in [0.3, 0.4) is 0 Å². The summed E-state index contributed by atoms with van der Waals surface area (Å²) in [4.78, 5) is 22.7. The third-order valence-corrected chi connectivity index (χ3v) is 5.81. The highest BCUT2D eigenvalue weighted by Crippen LogP contribution is 2.28. The zero-order chi connectivity index (χ0) is 19.8. The van der Waals surface area contributed by atoms with Gasteiger partial charge in [-0.25, -0.2) is 4.98 Å². The number of ether oxygens (including phenoxy) is 1. The second-order valence-corrected chi connectivity index (χ2v) is 7.78. The Bertz CT molecular complexity index is 1240. The first-order valence-electron chi connectivity index (χ1n) is 10.1. The van der Waals surface area contributed by atoms with Crippen molar-refractivity contribution in [1.82, 2.24) is 14.5 Å². The van der Waals surface area contributed by atoms with Gasteiger partial charge in [0.15, 0.2) is 0 Å². The van der Waals surface area contributed by atoms with E-state index in [2.05, 4.69) is 29.2 Å². The van der Waals surface area contributed by atoms with Crippen LogP contribution in [-0.2, 0) is 11.2 Å². The van der Waals surface area contributed by atoms with E-state index in [-0.39, 0.29) is 11.6 Å². The first-order valence-corrected chi connectivity index (χ1v) is 10.1. The van der Waals surface area contributed by atoms with Crippen molar-refractivity contribution in [2.75, 3.05) is 13.2 Å². The molecule has 1 fully saturated rings. The van der Waals surface area contributed by atoms with Gasteiger partial charge in [-0.3, -0.25) is 14.3 Å². The second kappa shape index (κ2) is 7.45. The molecule has 5 rings (SSSR count). The lowest BCUT2D eigenvalue weighted by molar-refractivity contribution is 0.0685. The van der Waals surface area contributed by atoms with Crippen LogP contribution in [0, 0.1) is 0 Å². The predicted molar refractivity (Wildman–Crippen MR) is 118 cm³/mol. The van der Waals surface area contributed by atoms with Crippen LogP contribution >= 0.6 is 0 Å². The molecule has 2 aromatic heterocycles. The van der Waals surface area contributed by atoms with Crippen molar-refractivity contribution in [3.8, 4) is 0 Å². The number of rotatable bonds is 3. The smallest absolute Gasteiger partial charge is 0.261 e. The highest BCUT2D eigenvalue weighted by atomic mass is 16.5. The Morgan fingerprint density at radius 1 is 1.03 bits per heavy atom. The highest BCUT2D eigenvalue weighted by molar-refractivity contribution is 6.32. The van der Waals surface area contributed by atoms with E-state index in [1.165, 1.54) is 0 Å². The summed E-state index contributed by atoms with van der Waals surface area (Å²) in [7, 11) is 2.03. The van der Waals surface area contributed by atoms with Crippen LogP contribution in [-0.4, -0.2) is 35.6 Å². The van der Waals surface area contributed by atoms with Crippen molar-refractivity contribution in [3.63, 3.8) is 0 Å². The number of pyridine rings is 1. The monoisotopic (exact) mass is 383 g/mol. The molecule has 29 heavy (non-hydrogen) atoms. The largest absolute Gasteiger partial charge is 0.381 e. The number of hydrogen-bond donors (Lipinski definition) is 0. The molecule has 5 nitrogen and oxygen atoms in total. The van der Waals surface area contributed by atoms with Gasteiger partial charge in [-0.2, -0.15) is 0 Å². The van der Waals surface area contributed by atoms with E-state index in [1.54, 1.807) is 10.9 Å². The van der Waals surface area contributed by atoms with Gasteiger partial charge in [0, 0.05) is 43.0 Å². The number of fused-ring (bicyclic) bond motifs is 3. The van der Waals surface area contributed by atoms with Crippen LogP contribution in [0.25, 0.3) is 21.7 Å². The van der Waals surface area contributed by atoms with Crippen LogP contribution in [0.2, 0.25) is 0 Å². The van der Waals surface area contributed by atoms with Crippen molar-refractivity contribution < 1.29 is 4.74 Å². The molecule has 0 spiro atoms. The molecule has 0 bridgehead atoms. The summed E-state index contributed by atoms with van der Waals surface area (Å²) in [6, 6.07) is 14.5. The zero-order valence-electron chi connectivity index (χ0n) is 16.5. The van der Waals surface area contributed by atoms with Gasteiger partial charge in [0.1, 0.15) is 7.85 Å². The lowest BCUT2D eigenvalue weighted by Gasteiger charge is -2.24. The van der Waals surface area contributed by atoms with Crippen molar-refractivity contribution in [3.05, 3.63) is 76.6 Å². The van der Waals surface area contributed by atoms with Crippen molar-refractivity contribution in [2.45, 2.75) is 25.3 Å². The summed E-state index contributed by atoms with van der Waals surface area (Å²) in [6.45, 7) is 1.38. The Morgan fingerprint density at radius 3 is 2.59 bits per heavy atom. The SMILES string of the molecule is Bc1ccc(Cc2cc3c(=O)n(C4CCOCC4)cnc3c3ccccc23)nc1. The Balaban J connectivity index is 1.69. The van der Waals surface area contributed by atoms with E-state index >= 15 is 0 Å². The van der Waals surface area contributed by atoms with Crippen LogP contribution in [0.1, 0.15) is 30.1 Å². The van der Waals surface area contributed by atoms with Crippen LogP contribution < -0.4 is 11.0 Å². The molecule has 0 radical (unpaired) electrons. The quantitative estimate of drug-likeness (QED) is 0.402. The fourth-order valence-corrected chi connectivity index (χ4v) is 4.22. The lowest BCUT2D eigenvalue weighted by Crippen LogP contribution is -2.29. The zero-order valence-corrected chi connectivity index (χ0v) is 16.5. The van der Waals surface area contributed by atoms with E-state index in [4.69, 9.17) is 9.72 Å².